The Balaban J connectivity index is 2.07. The average molecular weight is 446 g/mol. The average Bonchev–Trinajstić information content (AvgIpc) is 2.73. The van der Waals surface area contributed by atoms with Crippen molar-refractivity contribution in [3.05, 3.63) is 77.6 Å². The van der Waals surface area contributed by atoms with Crippen LogP contribution in [0.2, 0.25) is 5.02 Å². The van der Waals surface area contributed by atoms with Crippen molar-refractivity contribution >= 4 is 38.9 Å². The summed E-state index contributed by atoms with van der Waals surface area (Å²) in [5, 5.41) is 2.71. The highest BCUT2D eigenvalue weighted by molar-refractivity contribution is 7.93. The minimum Gasteiger partial charge on any atom is -0.495 e. The number of anilines is 2. The highest BCUT2D eigenvalue weighted by Crippen LogP contribution is 2.35. The van der Waals surface area contributed by atoms with Crippen molar-refractivity contribution in [2.45, 2.75) is 11.8 Å². The quantitative estimate of drug-likeness (QED) is 0.596. The van der Waals surface area contributed by atoms with E-state index in [1.807, 2.05) is 6.92 Å². The van der Waals surface area contributed by atoms with E-state index < -0.39 is 22.5 Å². The van der Waals surface area contributed by atoms with E-state index >= 15 is 0 Å². The summed E-state index contributed by atoms with van der Waals surface area (Å²) in [5.41, 5.74) is 1.49. The first-order chi connectivity index (χ1) is 14.3. The Hall–Kier alpha value is -3.10. The van der Waals surface area contributed by atoms with Gasteiger partial charge in [-0.15, -0.1) is 0 Å². The fourth-order valence-corrected chi connectivity index (χ4v) is 4.75. The molecule has 0 bridgehead atoms. The third-order valence-electron chi connectivity index (χ3n) is 4.24. The first kappa shape index (κ1) is 21.6. The van der Waals surface area contributed by atoms with E-state index in [1.54, 1.807) is 48.7 Å². The number of sulfonamides is 1. The molecule has 0 unspecified atom stereocenters. The summed E-state index contributed by atoms with van der Waals surface area (Å²) in [6, 6.07) is 14.5. The number of ether oxygens (including phenoxy) is 1. The summed E-state index contributed by atoms with van der Waals surface area (Å²) < 4.78 is 33.4. The lowest BCUT2D eigenvalue weighted by molar-refractivity contribution is -0.114. The number of methoxy groups -OCH3 is 1. The lowest BCUT2D eigenvalue weighted by atomic mass is 10.2. The van der Waals surface area contributed by atoms with Crippen LogP contribution in [0.4, 0.5) is 11.4 Å². The molecule has 1 heterocycles. The second kappa shape index (κ2) is 9.15. The minimum absolute atomic E-state index is 0.0572. The molecular weight excluding hydrogens is 426 g/mol. The van der Waals surface area contributed by atoms with Gasteiger partial charge in [-0.05, 0) is 48.9 Å². The van der Waals surface area contributed by atoms with Crippen LogP contribution >= 0.6 is 11.6 Å². The molecule has 156 valence electrons. The van der Waals surface area contributed by atoms with Crippen molar-refractivity contribution in [1.29, 1.82) is 0 Å². The molecule has 0 aliphatic carbocycles. The Morgan fingerprint density at radius 2 is 1.93 bits per heavy atom. The highest BCUT2D eigenvalue weighted by atomic mass is 35.5. The molecule has 3 aromatic rings. The first-order valence-corrected chi connectivity index (χ1v) is 10.8. The van der Waals surface area contributed by atoms with E-state index in [-0.39, 0.29) is 15.6 Å². The SMILES string of the molecule is COc1ccc(C)cc1N(CC(=O)Nc1cccnc1)S(=O)(=O)c1ccccc1Cl. The fourth-order valence-electron chi connectivity index (χ4n) is 2.83. The standard InChI is InChI=1S/C21H20ClN3O4S/c1-15-9-10-19(29-2)18(12-15)25(14-21(26)24-16-6-5-11-23-13-16)30(27,28)20-8-4-3-7-17(20)22/h3-13H,14H2,1-2H3,(H,24,26). The molecule has 0 fully saturated rings. The van der Waals surface area contributed by atoms with Gasteiger partial charge < -0.3 is 10.1 Å². The van der Waals surface area contributed by atoms with E-state index in [9.17, 15) is 13.2 Å². The van der Waals surface area contributed by atoms with Gasteiger partial charge in [0, 0.05) is 6.20 Å². The van der Waals surface area contributed by atoms with Crippen LogP contribution in [0.15, 0.2) is 71.9 Å². The number of rotatable bonds is 7. The molecule has 1 aromatic heterocycles. The van der Waals surface area contributed by atoms with Gasteiger partial charge in [0.25, 0.3) is 10.0 Å². The Labute approximate surface area is 180 Å². The molecule has 0 spiro atoms. The van der Waals surface area contributed by atoms with Crippen LogP contribution in [0.5, 0.6) is 5.75 Å². The van der Waals surface area contributed by atoms with Crippen molar-refractivity contribution in [2.24, 2.45) is 0 Å². The zero-order valence-corrected chi connectivity index (χ0v) is 17.9. The van der Waals surface area contributed by atoms with Crippen LogP contribution < -0.4 is 14.4 Å². The van der Waals surface area contributed by atoms with Crippen molar-refractivity contribution in [3.8, 4) is 5.75 Å². The predicted octanol–water partition coefficient (Wildman–Crippen LogP) is 3.89. The predicted molar refractivity (Wildman–Crippen MR) is 117 cm³/mol. The molecule has 2 aromatic carbocycles. The molecule has 0 atom stereocenters. The number of nitrogens with zero attached hydrogens (tertiary/aromatic N) is 2. The molecule has 1 N–H and O–H groups in total. The number of amides is 1. The van der Waals surface area contributed by atoms with Gasteiger partial charge in [-0.2, -0.15) is 0 Å². The summed E-state index contributed by atoms with van der Waals surface area (Å²) in [6.07, 6.45) is 3.04. The summed E-state index contributed by atoms with van der Waals surface area (Å²) in [6.45, 7) is 1.33. The van der Waals surface area contributed by atoms with E-state index in [1.165, 1.54) is 25.4 Å². The van der Waals surface area contributed by atoms with Gasteiger partial charge >= 0.3 is 0 Å². The number of aromatic nitrogens is 1. The molecule has 9 heteroatoms. The van der Waals surface area contributed by atoms with Gasteiger partial charge in [0.15, 0.2) is 0 Å². The first-order valence-electron chi connectivity index (χ1n) is 8.94. The highest BCUT2D eigenvalue weighted by Gasteiger charge is 2.31. The molecule has 1 amide bonds. The largest absolute Gasteiger partial charge is 0.495 e. The summed E-state index contributed by atoms with van der Waals surface area (Å²) in [5.74, 6) is -0.229. The number of halogens is 1. The van der Waals surface area contributed by atoms with Crippen LogP contribution in [0.1, 0.15) is 5.56 Å². The van der Waals surface area contributed by atoms with Gasteiger partial charge in [0.2, 0.25) is 5.91 Å². The topological polar surface area (TPSA) is 88.6 Å². The minimum atomic E-state index is -4.18. The van der Waals surface area contributed by atoms with E-state index in [4.69, 9.17) is 16.3 Å². The molecule has 0 saturated carbocycles. The lowest BCUT2D eigenvalue weighted by Gasteiger charge is -2.26. The molecule has 30 heavy (non-hydrogen) atoms. The Bertz CT molecular complexity index is 1150. The number of nitrogens with one attached hydrogen (secondary N) is 1. The Morgan fingerprint density at radius 1 is 1.17 bits per heavy atom. The Kier molecular flexibility index (Phi) is 6.59. The summed E-state index contributed by atoms with van der Waals surface area (Å²) >= 11 is 6.17. The molecular formula is C21H20ClN3O4S. The molecule has 0 saturated heterocycles. The second-order valence-corrected chi connectivity index (χ2v) is 8.65. The van der Waals surface area contributed by atoms with Crippen molar-refractivity contribution < 1.29 is 17.9 Å². The monoisotopic (exact) mass is 445 g/mol. The number of hydrogen-bond acceptors (Lipinski definition) is 5. The fraction of sp³-hybridized carbons (Fsp3) is 0.143. The van der Waals surface area contributed by atoms with Crippen molar-refractivity contribution in [3.63, 3.8) is 0 Å². The van der Waals surface area contributed by atoms with Crippen LogP contribution in [0.3, 0.4) is 0 Å². The number of benzene rings is 2. The number of carbonyl (C=O) groups excluding carboxylic acids is 1. The van der Waals surface area contributed by atoms with E-state index in [0.717, 1.165) is 9.87 Å². The Morgan fingerprint density at radius 3 is 2.60 bits per heavy atom. The zero-order chi connectivity index (χ0) is 21.7. The normalized spacial score (nSPS) is 11.0. The van der Waals surface area contributed by atoms with Crippen molar-refractivity contribution in [1.82, 2.24) is 4.98 Å². The van der Waals surface area contributed by atoms with Crippen LogP contribution in [0.25, 0.3) is 0 Å². The number of hydrogen-bond donors (Lipinski definition) is 1. The number of aryl methyl sites for hydroxylation is 1. The third kappa shape index (κ3) is 4.72. The molecule has 0 aliphatic rings. The maximum absolute atomic E-state index is 13.5. The van der Waals surface area contributed by atoms with Gasteiger partial charge in [0.05, 0.1) is 29.7 Å². The van der Waals surface area contributed by atoms with Gasteiger partial charge in [0.1, 0.15) is 17.2 Å². The number of carbonyl (C=O) groups is 1. The zero-order valence-electron chi connectivity index (χ0n) is 16.4. The van der Waals surface area contributed by atoms with Crippen LogP contribution in [-0.2, 0) is 14.8 Å². The molecule has 0 aliphatic heterocycles. The molecule has 3 rings (SSSR count). The van der Waals surface area contributed by atoms with Crippen LogP contribution in [-0.4, -0.2) is 33.0 Å². The molecule has 0 radical (unpaired) electrons. The number of pyridine rings is 1. The molecule has 7 nitrogen and oxygen atoms in total. The lowest BCUT2D eigenvalue weighted by Crippen LogP contribution is -2.38. The van der Waals surface area contributed by atoms with Gasteiger partial charge in [-0.3, -0.25) is 14.1 Å². The third-order valence-corrected chi connectivity index (χ3v) is 6.50. The smallest absolute Gasteiger partial charge is 0.266 e. The summed E-state index contributed by atoms with van der Waals surface area (Å²) in [7, 11) is -2.74. The maximum atomic E-state index is 13.5. The van der Waals surface area contributed by atoms with Gasteiger partial charge in [-0.1, -0.05) is 29.8 Å². The van der Waals surface area contributed by atoms with Crippen molar-refractivity contribution in [2.75, 3.05) is 23.3 Å². The second-order valence-electron chi connectivity index (χ2n) is 6.41. The van der Waals surface area contributed by atoms with E-state index in [2.05, 4.69) is 10.3 Å². The van der Waals surface area contributed by atoms with Gasteiger partial charge in [-0.25, -0.2) is 8.42 Å². The van der Waals surface area contributed by atoms with Crippen LogP contribution in [0, 0.1) is 6.92 Å². The summed E-state index contributed by atoms with van der Waals surface area (Å²) in [4.78, 5) is 16.6. The van der Waals surface area contributed by atoms with E-state index in [0.29, 0.717) is 11.4 Å². The maximum Gasteiger partial charge on any atom is 0.266 e.